The molecule has 0 saturated heterocycles. The Bertz CT molecular complexity index is 4390. The maximum atomic E-state index is 13.3. The van der Waals surface area contributed by atoms with Crippen molar-refractivity contribution in [1.82, 2.24) is 15.0 Å². The molecular formula is C78H70Br3N9O9. The van der Waals surface area contributed by atoms with Crippen molar-refractivity contribution in [3.8, 4) is 0 Å². The van der Waals surface area contributed by atoms with Gasteiger partial charge in [-0.15, -0.1) is 0 Å². The van der Waals surface area contributed by atoms with E-state index in [1.54, 1.807) is 70.5 Å². The molecule has 6 amide bonds. The summed E-state index contributed by atoms with van der Waals surface area (Å²) in [5.41, 5.74) is 11.9. The molecule has 502 valence electrons. The van der Waals surface area contributed by atoms with Crippen LogP contribution in [0, 0.1) is 5.92 Å². The van der Waals surface area contributed by atoms with Gasteiger partial charge in [-0.3, -0.25) is 30.3 Å². The molecule has 18 nitrogen and oxygen atoms in total. The standard InChI is InChI=1S/C27H26BrN3O3.C26H22BrN3O3.C25H22BrN3O3/c1-18(2)17-34-27(33)29-23-14-10-19(11-15-23)24-16-25(20-6-4-3-5-7-20)31(30-24)26(32)21-8-12-22(28)13-9-21;27-20-10-6-19(7-11-20)25(31)30-24(18-4-2-1-3-5-18)16-23(29-30)17-8-12-21(13-9-17)28-26(32)33-22-14-15-22;1-2-32-25(31)27-21-14-10-17(11-15-21)22-16-23(18-6-4-3-5-7-18)29(28-22)24(30)19-8-12-20(26)13-9-19/h3-15,18,25H,16-17H2,1-2H3,(H,29,33);1-13,22,24H,14-16H2,(H,28,32);3-15,23H,2,16H2,1H3,(H,27,31). The first-order valence-electron chi connectivity index (χ1n) is 32.3. The Morgan fingerprint density at radius 2 is 0.697 bits per heavy atom. The van der Waals surface area contributed by atoms with Crippen molar-refractivity contribution in [2.45, 2.75) is 77.1 Å². The minimum Gasteiger partial charge on any atom is -0.450 e. The van der Waals surface area contributed by atoms with Crippen molar-refractivity contribution in [3.05, 3.63) is 300 Å². The molecule has 1 fully saturated rings. The zero-order valence-electron chi connectivity index (χ0n) is 54.3. The Hall–Kier alpha value is -10.4. The molecule has 0 radical (unpaired) electrons. The molecule has 3 unspecified atom stereocenters. The number of carbonyl (C=O) groups is 6. The predicted molar refractivity (Wildman–Crippen MR) is 395 cm³/mol. The highest BCUT2D eigenvalue weighted by Crippen LogP contribution is 2.38. The topological polar surface area (TPSA) is 213 Å². The molecule has 0 aromatic heterocycles. The number of anilines is 3. The summed E-state index contributed by atoms with van der Waals surface area (Å²) < 4.78 is 18.0. The molecule has 3 N–H and O–H groups in total. The summed E-state index contributed by atoms with van der Waals surface area (Å²) in [5.74, 6) is -0.175. The van der Waals surface area contributed by atoms with Crippen LogP contribution in [-0.2, 0) is 14.2 Å². The van der Waals surface area contributed by atoms with Gasteiger partial charge in [-0.05, 0) is 168 Å². The number of ether oxygens (including phenoxy) is 3. The van der Waals surface area contributed by atoms with Gasteiger partial charge in [0.05, 0.1) is 48.5 Å². The van der Waals surface area contributed by atoms with E-state index in [-0.39, 0.29) is 47.9 Å². The van der Waals surface area contributed by atoms with Crippen molar-refractivity contribution in [2.75, 3.05) is 29.2 Å². The van der Waals surface area contributed by atoms with Crippen LogP contribution in [0.5, 0.6) is 0 Å². The molecule has 0 spiro atoms. The normalized spacial score (nSPS) is 16.0. The van der Waals surface area contributed by atoms with E-state index in [1.807, 2.05) is 202 Å². The summed E-state index contributed by atoms with van der Waals surface area (Å²) in [6, 6.07) is 73.3. The highest BCUT2D eigenvalue weighted by molar-refractivity contribution is 9.11. The number of carbonyl (C=O) groups excluding carboxylic acids is 6. The summed E-state index contributed by atoms with van der Waals surface area (Å²) >= 11 is 10.2. The molecule has 4 aliphatic rings. The van der Waals surface area contributed by atoms with Crippen molar-refractivity contribution in [2.24, 2.45) is 21.2 Å². The van der Waals surface area contributed by atoms with Crippen LogP contribution >= 0.6 is 47.8 Å². The van der Waals surface area contributed by atoms with E-state index in [0.29, 0.717) is 66.2 Å². The van der Waals surface area contributed by atoms with Gasteiger partial charge in [0, 0.05) is 66.4 Å². The second-order valence-corrected chi connectivity index (χ2v) is 26.7. The van der Waals surface area contributed by atoms with Crippen LogP contribution in [0.25, 0.3) is 0 Å². The van der Waals surface area contributed by atoms with Gasteiger partial charge in [0.25, 0.3) is 17.7 Å². The molecule has 3 atom stereocenters. The molecular weight excluding hydrogens is 1450 g/mol. The third-order valence-corrected chi connectivity index (χ3v) is 17.8. The number of nitrogens with one attached hydrogen (secondary N) is 3. The first-order valence-corrected chi connectivity index (χ1v) is 34.7. The lowest BCUT2D eigenvalue weighted by Gasteiger charge is -2.22. The van der Waals surface area contributed by atoms with E-state index in [1.165, 1.54) is 0 Å². The second-order valence-electron chi connectivity index (χ2n) is 23.9. The molecule has 13 rings (SSSR count). The first kappa shape index (κ1) is 70.0. The monoisotopic (exact) mass is 1510 g/mol. The van der Waals surface area contributed by atoms with E-state index in [2.05, 4.69) is 63.7 Å². The summed E-state index contributed by atoms with van der Waals surface area (Å²) in [5, 5.41) is 27.1. The van der Waals surface area contributed by atoms with Crippen molar-refractivity contribution in [1.29, 1.82) is 0 Å². The lowest BCUT2D eigenvalue weighted by Crippen LogP contribution is -2.27. The van der Waals surface area contributed by atoms with Gasteiger partial charge in [-0.25, -0.2) is 29.4 Å². The van der Waals surface area contributed by atoms with Gasteiger partial charge in [0.15, 0.2) is 0 Å². The van der Waals surface area contributed by atoms with Crippen LogP contribution < -0.4 is 16.0 Å². The first-order chi connectivity index (χ1) is 48.0. The maximum Gasteiger partial charge on any atom is 0.411 e. The Morgan fingerprint density at radius 3 is 0.980 bits per heavy atom. The van der Waals surface area contributed by atoms with Gasteiger partial charge < -0.3 is 14.2 Å². The van der Waals surface area contributed by atoms with Crippen molar-refractivity contribution >= 4 is 118 Å². The summed E-state index contributed by atoms with van der Waals surface area (Å²) in [7, 11) is 0. The highest BCUT2D eigenvalue weighted by Gasteiger charge is 2.37. The van der Waals surface area contributed by atoms with Crippen molar-refractivity contribution in [3.63, 3.8) is 0 Å². The van der Waals surface area contributed by atoms with Crippen LogP contribution in [0.4, 0.5) is 31.4 Å². The molecule has 3 aliphatic heterocycles. The Labute approximate surface area is 599 Å². The fourth-order valence-electron chi connectivity index (χ4n) is 11.0. The number of benzene rings is 9. The van der Waals surface area contributed by atoms with Gasteiger partial charge in [0.2, 0.25) is 0 Å². The van der Waals surface area contributed by atoms with Gasteiger partial charge in [-0.1, -0.05) is 189 Å². The average Bonchev–Trinajstić information content (AvgIpc) is 1.67. The highest BCUT2D eigenvalue weighted by atomic mass is 79.9. The fraction of sp³-hybridized carbons (Fsp3) is 0.192. The minimum atomic E-state index is -0.492. The molecule has 0 bridgehead atoms. The zero-order chi connectivity index (χ0) is 69.4. The fourth-order valence-corrected chi connectivity index (χ4v) is 11.8. The number of hydrogen-bond donors (Lipinski definition) is 3. The van der Waals surface area contributed by atoms with E-state index in [4.69, 9.17) is 29.5 Å². The number of hydrazone groups is 3. The van der Waals surface area contributed by atoms with Crippen molar-refractivity contribution < 1.29 is 43.0 Å². The summed E-state index contributed by atoms with van der Waals surface area (Å²) in [6.45, 7) is 6.40. The molecule has 3 heterocycles. The smallest absolute Gasteiger partial charge is 0.411 e. The molecule has 99 heavy (non-hydrogen) atoms. The van der Waals surface area contributed by atoms with Crippen LogP contribution in [-0.4, -0.2) is 87.5 Å². The predicted octanol–water partition coefficient (Wildman–Crippen LogP) is 18.8. The third-order valence-electron chi connectivity index (χ3n) is 16.2. The molecule has 9 aromatic rings. The van der Waals surface area contributed by atoms with E-state index < -0.39 is 18.3 Å². The molecule has 21 heteroatoms. The number of amides is 6. The zero-order valence-corrected chi connectivity index (χ0v) is 59.1. The Kier molecular flexibility index (Phi) is 23.5. The van der Waals surface area contributed by atoms with Gasteiger partial charge in [-0.2, -0.15) is 15.3 Å². The third kappa shape index (κ3) is 18.9. The van der Waals surface area contributed by atoms with Crippen LogP contribution in [0.1, 0.15) is 135 Å². The Morgan fingerprint density at radius 1 is 0.404 bits per heavy atom. The number of hydrogen-bond acceptors (Lipinski definition) is 12. The number of halogens is 3. The van der Waals surface area contributed by atoms with E-state index >= 15 is 0 Å². The lowest BCUT2D eigenvalue weighted by atomic mass is 9.98. The van der Waals surface area contributed by atoms with Gasteiger partial charge in [0.1, 0.15) is 6.10 Å². The largest absolute Gasteiger partial charge is 0.450 e. The summed E-state index contributed by atoms with van der Waals surface area (Å²) in [6.07, 6.45) is 2.31. The molecule has 9 aromatic carbocycles. The molecule has 1 aliphatic carbocycles. The van der Waals surface area contributed by atoms with E-state index in [0.717, 1.165) is 76.8 Å². The minimum absolute atomic E-state index is 0.0567. The van der Waals surface area contributed by atoms with Gasteiger partial charge >= 0.3 is 18.3 Å². The average molecular weight is 1520 g/mol. The SMILES string of the molecule is CC(C)COC(=O)Nc1ccc(C2=NN(C(=O)c3ccc(Br)cc3)C(c3ccccc3)C2)cc1.CCOC(=O)Nc1ccc(C2=NN(C(=O)c3ccc(Br)cc3)C(c3ccccc3)C2)cc1.O=C(Nc1ccc(C2=NN(C(=O)c3ccc(Br)cc3)C(c3ccccc3)C2)cc1)OC1CC1. The Balaban J connectivity index is 0.000000150. The number of nitrogens with zero attached hydrogens (tertiary/aromatic N) is 6. The van der Waals surface area contributed by atoms with E-state index in [9.17, 15) is 28.8 Å². The summed E-state index contributed by atoms with van der Waals surface area (Å²) in [4.78, 5) is 75.4. The lowest BCUT2D eigenvalue weighted by molar-refractivity contribution is 0.0704. The maximum absolute atomic E-state index is 13.3. The van der Waals surface area contributed by atoms with Crippen LogP contribution in [0.15, 0.2) is 265 Å². The van der Waals surface area contributed by atoms with Crippen LogP contribution in [0.3, 0.4) is 0 Å². The molecule has 1 saturated carbocycles. The van der Waals surface area contributed by atoms with Crippen LogP contribution in [0.2, 0.25) is 0 Å². The quantitative estimate of drug-likeness (QED) is 0.0784. The number of rotatable bonds is 16. The second kappa shape index (κ2) is 33.3.